The van der Waals surface area contributed by atoms with Crippen LogP contribution in [0.3, 0.4) is 0 Å². The highest BCUT2D eigenvalue weighted by Crippen LogP contribution is 2.28. The van der Waals surface area contributed by atoms with Gasteiger partial charge in [0.1, 0.15) is 0 Å². The zero-order chi connectivity index (χ0) is 12.0. The molecule has 0 radical (unpaired) electrons. The van der Waals surface area contributed by atoms with Crippen LogP contribution in [0.15, 0.2) is 0 Å². The van der Waals surface area contributed by atoms with Crippen LogP contribution in [-0.4, -0.2) is 32.6 Å². The second-order valence-corrected chi connectivity index (χ2v) is 4.29. The third-order valence-corrected chi connectivity index (χ3v) is 3.24. The summed E-state index contributed by atoms with van der Waals surface area (Å²) in [4.78, 5) is 22.4. The molecule has 16 heavy (non-hydrogen) atoms. The molecular formula is C11H21N3O2. The number of rotatable bonds is 3. The lowest BCUT2D eigenvalue weighted by Gasteiger charge is -2.27. The van der Waals surface area contributed by atoms with Crippen LogP contribution in [0.5, 0.6) is 0 Å². The van der Waals surface area contributed by atoms with Gasteiger partial charge >= 0.3 is 6.03 Å². The number of hydrogen-bond donors (Lipinski definition) is 3. The predicted octanol–water partition coefficient (Wildman–Crippen LogP) is 0.468. The molecule has 0 aromatic heterocycles. The fourth-order valence-electron chi connectivity index (χ4n) is 2.16. The van der Waals surface area contributed by atoms with E-state index in [1.165, 1.54) is 0 Å². The first-order valence-corrected chi connectivity index (χ1v) is 5.84. The molecular weight excluding hydrogens is 206 g/mol. The Labute approximate surface area is 96.4 Å². The topological polar surface area (TPSA) is 70.2 Å². The SMILES string of the molecule is CNC(=O)NCC1CCC(C(=O)NC)CC1. The van der Waals surface area contributed by atoms with Crippen molar-refractivity contribution in [2.45, 2.75) is 25.7 Å². The third-order valence-electron chi connectivity index (χ3n) is 3.24. The van der Waals surface area contributed by atoms with Gasteiger partial charge in [0, 0.05) is 26.6 Å². The summed E-state index contributed by atoms with van der Waals surface area (Å²) in [6, 6.07) is -0.131. The van der Waals surface area contributed by atoms with E-state index in [9.17, 15) is 9.59 Å². The van der Waals surface area contributed by atoms with E-state index in [0.29, 0.717) is 12.5 Å². The van der Waals surface area contributed by atoms with Crippen molar-refractivity contribution in [2.75, 3.05) is 20.6 Å². The first kappa shape index (κ1) is 12.8. The van der Waals surface area contributed by atoms with Crippen molar-refractivity contribution >= 4 is 11.9 Å². The fraction of sp³-hybridized carbons (Fsp3) is 0.818. The lowest BCUT2D eigenvalue weighted by molar-refractivity contribution is -0.125. The number of urea groups is 1. The van der Waals surface area contributed by atoms with Crippen LogP contribution in [-0.2, 0) is 4.79 Å². The van der Waals surface area contributed by atoms with Crippen molar-refractivity contribution < 1.29 is 9.59 Å². The molecule has 3 N–H and O–H groups in total. The van der Waals surface area contributed by atoms with E-state index in [1.54, 1.807) is 14.1 Å². The Morgan fingerprint density at radius 3 is 2.19 bits per heavy atom. The van der Waals surface area contributed by atoms with Gasteiger partial charge in [0.15, 0.2) is 0 Å². The lowest BCUT2D eigenvalue weighted by atomic mass is 9.81. The van der Waals surface area contributed by atoms with Gasteiger partial charge in [-0.1, -0.05) is 0 Å². The van der Waals surface area contributed by atoms with Crippen molar-refractivity contribution in [3.8, 4) is 0 Å². The highest BCUT2D eigenvalue weighted by atomic mass is 16.2. The van der Waals surface area contributed by atoms with Crippen LogP contribution in [0.25, 0.3) is 0 Å². The van der Waals surface area contributed by atoms with Crippen molar-refractivity contribution in [1.82, 2.24) is 16.0 Å². The normalized spacial score (nSPS) is 24.6. The molecule has 1 fully saturated rings. The van der Waals surface area contributed by atoms with Crippen LogP contribution in [0.1, 0.15) is 25.7 Å². The summed E-state index contributed by atoms with van der Waals surface area (Å²) in [5, 5.41) is 8.03. The van der Waals surface area contributed by atoms with E-state index in [1.807, 2.05) is 0 Å². The Bertz CT molecular complexity index is 248. The molecule has 1 saturated carbocycles. The summed E-state index contributed by atoms with van der Waals surface area (Å²) in [5.74, 6) is 0.831. The predicted molar refractivity (Wildman–Crippen MR) is 62.0 cm³/mol. The number of amides is 3. The van der Waals surface area contributed by atoms with Crippen molar-refractivity contribution in [1.29, 1.82) is 0 Å². The van der Waals surface area contributed by atoms with Crippen LogP contribution >= 0.6 is 0 Å². The summed E-state index contributed by atoms with van der Waals surface area (Å²) in [7, 11) is 3.29. The number of nitrogens with one attached hydrogen (secondary N) is 3. The molecule has 0 atom stereocenters. The summed E-state index contributed by atoms with van der Waals surface area (Å²) in [6.45, 7) is 0.708. The zero-order valence-electron chi connectivity index (χ0n) is 10.0. The lowest BCUT2D eigenvalue weighted by Crippen LogP contribution is -2.38. The molecule has 0 spiro atoms. The maximum absolute atomic E-state index is 11.4. The van der Waals surface area contributed by atoms with Gasteiger partial charge in [-0.05, 0) is 31.6 Å². The smallest absolute Gasteiger partial charge is 0.314 e. The first-order chi connectivity index (χ1) is 7.67. The molecule has 0 aromatic carbocycles. The van der Waals surface area contributed by atoms with Gasteiger partial charge in [0.2, 0.25) is 5.91 Å². The molecule has 0 aromatic rings. The molecule has 0 unspecified atom stereocenters. The summed E-state index contributed by atoms with van der Waals surface area (Å²) in [5.41, 5.74) is 0. The van der Waals surface area contributed by atoms with Gasteiger partial charge in [-0.15, -0.1) is 0 Å². The minimum atomic E-state index is -0.131. The molecule has 0 saturated heterocycles. The van der Waals surface area contributed by atoms with Gasteiger partial charge in [-0.3, -0.25) is 4.79 Å². The van der Waals surface area contributed by atoms with Gasteiger partial charge < -0.3 is 16.0 Å². The molecule has 0 aliphatic heterocycles. The first-order valence-electron chi connectivity index (χ1n) is 5.84. The van der Waals surface area contributed by atoms with Gasteiger partial charge in [0.25, 0.3) is 0 Å². The van der Waals surface area contributed by atoms with E-state index >= 15 is 0 Å². The molecule has 3 amide bonds. The number of carbonyl (C=O) groups is 2. The molecule has 0 heterocycles. The van der Waals surface area contributed by atoms with Gasteiger partial charge in [-0.25, -0.2) is 4.79 Å². The Hall–Kier alpha value is -1.26. The zero-order valence-corrected chi connectivity index (χ0v) is 10.0. The quantitative estimate of drug-likeness (QED) is 0.656. The second-order valence-electron chi connectivity index (χ2n) is 4.29. The average Bonchev–Trinajstić information content (AvgIpc) is 2.35. The van der Waals surface area contributed by atoms with E-state index < -0.39 is 0 Å². The average molecular weight is 227 g/mol. The monoisotopic (exact) mass is 227 g/mol. The molecule has 1 aliphatic rings. The molecule has 0 bridgehead atoms. The van der Waals surface area contributed by atoms with Crippen LogP contribution in [0.2, 0.25) is 0 Å². The van der Waals surface area contributed by atoms with Gasteiger partial charge in [0.05, 0.1) is 0 Å². The minimum absolute atomic E-state index is 0.131. The van der Waals surface area contributed by atoms with E-state index in [4.69, 9.17) is 0 Å². The molecule has 5 heteroatoms. The Morgan fingerprint density at radius 2 is 1.69 bits per heavy atom. The highest BCUT2D eigenvalue weighted by molar-refractivity contribution is 5.78. The number of hydrogen-bond acceptors (Lipinski definition) is 2. The van der Waals surface area contributed by atoms with Crippen LogP contribution in [0.4, 0.5) is 4.79 Å². The summed E-state index contributed by atoms with van der Waals surface area (Å²) >= 11 is 0. The van der Waals surface area contributed by atoms with E-state index in [2.05, 4.69) is 16.0 Å². The van der Waals surface area contributed by atoms with E-state index in [-0.39, 0.29) is 17.9 Å². The van der Waals surface area contributed by atoms with Crippen LogP contribution < -0.4 is 16.0 Å². The standard InChI is InChI=1S/C11H21N3O2/c1-12-10(15)9-5-3-8(4-6-9)7-14-11(16)13-2/h8-9H,3-7H2,1-2H3,(H,12,15)(H2,13,14,16). The van der Waals surface area contributed by atoms with Crippen molar-refractivity contribution in [3.63, 3.8) is 0 Å². The molecule has 5 nitrogen and oxygen atoms in total. The fourth-order valence-corrected chi connectivity index (χ4v) is 2.16. The summed E-state index contributed by atoms with van der Waals surface area (Å²) in [6.07, 6.45) is 3.89. The van der Waals surface area contributed by atoms with Crippen molar-refractivity contribution in [3.05, 3.63) is 0 Å². The maximum Gasteiger partial charge on any atom is 0.314 e. The molecule has 1 rings (SSSR count). The third kappa shape index (κ3) is 3.72. The second kappa shape index (κ2) is 6.35. The van der Waals surface area contributed by atoms with Crippen LogP contribution in [0, 0.1) is 11.8 Å². The largest absolute Gasteiger partial charge is 0.359 e. The summed E-state index contributed by atoms with van der Waals surface area (Å²) < 4.78 is 0. The van der Waals surface area contributed by atoms with E-state index in [0.717, 1.165) is 25.7 Å². The highest BCUT2D eigenvalue weighted by Gasteiger charge is 2.25. The minimum Gasteiger partial charge on any atom is -0.359 e. The molecule has 1 aliphatic carbocycles. The number of carbonyl (C=O) groups excluding carboxylic acids is 2. The Kier molecular flexibility index (Phi) is 5.08. The maximum atomic E-state index is 11.4. The molecule has 92 valence electrons. The Balaban J connectivity index is 2.22. The van der Waals surface area contributed by atoms with Crippen molar-refractivity contribution in [2.24, 2.45) is 11.8 Å². The Morgan fingerprint density at radius 1 is 1.06 bits per heavy atom. The van der Waals surface area contributed by atoms with Gasteiger partial charge in [-0.2, -0.15) is 0 Å².